The summed E-state index contributed by atoms with van der Waals surface area (Å²) in [5, 5.41) is 7.09. The Hall–Kier alpha value is -11.3. The normalized spacial score (nSPS) is 15.7. The lowest BCUT2D eigenvalue weighted by Gasteiger charge is -2.33. The van der Waals surface area contributed by atoms with Gasteiger partial charge in [-0.15, -0.1) is 0 Å². The molecule has 2 spiro atoms. The van der Waals surface area contributed by atoms with Crippen molar-refractivity contribution in [3.05, 3.63) is 340 Å². The Morgan fingerprint density at radius 1 is 0.258 bits per heavy atom. The van der Waals surface area contributed by atoms with Gasteiger partial charge in [0.05, 0.1) is 10.8 Å². The highest BCUT2D eigenvalue weighted by Gasteiger charge is 2.57. The molecule has 14 aromatic carbocycles. The lowest BCUT2D eigenvalue weighted by Crippen LogP contribution is -2.27. The second kappa shape index (κ2) is 17.0. The van der Waals surface area contributed by atoms with Crippen molar-refractivity contribution in [2.24, 2.45) is 0 Å². The molecule has 2 heterocycles. The topological polar surface area (TPSA) is 29.5 Å². The number of rotatable bonds is 3. The molecular weight excluding hydrogens is 1130 g/mol. The van der Waals surface area contributed by atoms with Crippen LogP contribution in [0.1, 0.15) is 94.5 Å². The van der Waals surface area contributed by atoms with Crippen LogP contribution < -0.4 is 4.90 Å². The van der Waals surface area contributed by atoms with Gasteiger partial charge in [0.25, 0.3) is 0 Å². The summed E-state index contributed by atoms with van der Waals surface area (Å²) in [5.74, 6) is 0. The first-order chi connectivity index (χ1) is 45.6. The van der Waals surface area contributed by atoms with Crippen LogP contribution in [0.3, 0.4) is 0 Å². The van der Waals surface area contributed by atoms with Gasteiger partial charge in [-0.3, -0.25) is 0 Å². The fraction of sp³-hybridized carbons (Fsp3) is 0.0889. The molecule has 16 aromatic rings. The molecule has 6 aliphatic rings. The van der Waals surface area contributed by atoms with Crippen LogP contribution in [0, 0.1) is 0 Å². The van der Waals surface area contributed by atoms with Crippen molar-refractivity contribution in [2.75, 3.05) is 4.90 Å². The molecule has 0 atom stereocenters. The third-order valence-corrected chi connectivity index (χ3v) is 23.2. The van der Waals surface area contributed by atoms with E-state index in [1.807, 2.05) is 0 Å². The van der Waals surface area contributed by atoms with Crippen LogP contribution in [0.2, 0.25) is 0 Å². The zero-order valence-electron chi connectivity index (χ0n) is 51.7. The largest absolute Gasteiger partial charge is 0.456 e. The molecule has 0 radical (unpaired) electrons. The Balaban J connectivity index is 0.821. The van der Waals surface area contributed by atoms with E-state index in [2.05, 4.69) is 306 Å². The predicted octanol–water partition coefficient (Wildman–Crippen LogP) is 23.4. The fourth-order valence-corrected chi connectivity index (χ4v) is 19.6. The zero-order chi connectivity index (χ0) is 61.2. The van der Waals surface area contributed by atoms with Crippen LogP contribution in [0.4, 0.5) is 17.1 Å². The standard InChI is InChI=1S/C90H57NO2/c1-87(2)66-30-14-11-27-60(66)83-85(87)84-81(82-63-29-13-20-36-77(63)93-86(82)83)61-42-40-53(46-72(61)88(84,3)4)91(52-38-37-50-21-5-6-22-51(50)45-52)54-39-41-59-64-48-75-65(49-74(64)90(73(59)47-54)69-33-17-9-25-57(69)58-26-10-18-34-70(58)90)79-71(43-44-78-80(79)62-28-12-19-35-76(62)92-78)89(75)67-31-15-7-23-55(67)56-24-8-16-32-68(56)89/h5-49H,1-4H3. The van der Waals surface area contributed by atoms with Gasteiger partial charge in [0.15, 0.2) is 0 Å². The van der Waals surface area contributed by atoms with Crippen LogP contribution in [0.25, 0.3) is 121 Å². The van der Waals surface area contributed by atoms with E-state index in [-0.39, 0.29) is 5.41 Å². The minimum atomic E-state index is -0.684. The average molecular weight is 1180 g/mol. The van der Waals surface area contributed by atoms with E-state index in [0.717, 1.165) is 50.2 Å². The van der Waals surface area contributed by atoms with Crippen molar-refractivity contribution in [1.29, 1.82) is 0 Å². The second-order valence-electron chi connectivity index (χ2n) is 28.0. The summed E-state index contributed by atoms with van der Waals surface area (Å²) in [6, 6.07) is 104. The number of fused-ring (bicyclic) bond motifs is 37. The predicted molar refractivity (Wildman–Crippen MR) is 381 cm³/mol. The Labute approximate surface area is 538 Å². The van der Waals surface area contributed by atoms with E-state index in [0.29, 0.717) is 0 Å². The fourth-order valence-electron chi connectivity index (χ4n) is 19.6. The molecule has 0 saturated heterocycles. The van der Waals surface area contributed by atoms with Crippen LogP contribution in [-0.2, 0) is 21.7 Å². The minimum Gasteiger partial charge on any atom is -0.456 e. The van der Waals surface area contributed by atoms with Crippen LogP contribution in [-0.4, -0.2) is 0 Å². The number of hydrogen-bond acceptors (Lipinski definition) is 3. The summed E-state index contributed by atoms with van der Waals surface area (Å²) in [6.45, 7) is 9.80. The van der Waals surface area contributed by atoms with Crippen molar-refractivity contribution in [1.82, 2.24) is 0 Å². The molecule has 0 unspecified atom stereocenters. The second-order valence-corrected chi connectivity index (χ2v) is 28.0. The van der Waals surface area contributed by atoms with E-state index in [4.69, 9.17) is 8.83 Å². The van der Waals surface area contributed by atoms with Gasteiger partial charge in [-0.1, -0.05) is 234 Å². The Bertz CT molecular complexity index is 6070. The van der Waals surface area contributed by atoms with E-state index >= 15 is 0 Å². The van der Waals surface area contributed by atoms with Crippen molar-refractivity contribution >= 4 is 71.7 Å². The van der Waals surface area contributed by atoms with Crippen molar-refractivity contribution in [3.8, 4) is 66.8 Å². The molecule has 93 heavy (non-hydrogen) atoms. The maximum Gasteiger partial charge on any atom is 0.144 e. The van der Waals surface area contributed by atoms with Gasteiger partial charge in [-0.25, -0.2) is 0 Å². The van der Waals surface area contributed by atoms with Gasteiger partial charge in [-0.05, 0) is 205 Å². The molecule has 0 saturated carbocycles. The van der Waals surface area contributed by atoms with Gasteiger partial charge in [0.1, 0.15) is 22.3 Å². The van der Waals surface area contributed by atoms with Gasteiger partial charge < -0.3 is 13.7 Å². The highest BCUT2D eigenvalue weighted by atomic mass is 16.3. The first-order valence-electron chi connectivity index (χ1n) is 32.9. The number of anilines is 3. The van der Waals surface area contributed by atoms with Gasteiger partial charge >= 0.3 is 0 Å². The lowest BCUT2D eigenvalue weighted by molar-refractivity contribution is 0.600. The molecule has 3 heteroatoms. The maximum atomic E-state index is 7.12. The van der Waals surface area contributed by atoms with E-state index in [1.54, 1.807) is 0 Å². The van der Waals surface area contributed by atoms with E-state index in [1.165, 1.54) is 155 Å². The zero-order valence-corrected chi connectivity index (χ0v) is 51.7. The first-order valence-corrected chi connectivity index (χ1v) is 32.9. The van der Waals surface area contributed by atoms with Gasteiger partial charge in [-0.2, -0.15) is 0 Å². The molecule has 2 aromatic heterocycles. The van der Waals surface area contributed by atoms with Crippen LogP contribution in [0.15, 0.2) is 282 Å². The summed E-state index contributed by atoms with van der Waals surface area (Å²) < 4.78 is 14.0. The molecule has 0 amide bonds. The first kappa shape index (κ1) is 50.5. The maximum absolute atomic E-state index is 7.12. The molecule has 3 nitrogen and oxygen atoms in total. The lowest BCUT2D eigenvalue weighted by atomic mass is 9.68. The van der Waals surface area contributed by atoms with Gasteiger partial charge in [0, 0.05) is 55.0 Å². The number of benzene rings is 14. The molecule has 0 aliphatic heterocycles. The summed E-state index contributed by atoms with van der Waals surface area (Å²) in [5.41, 5.74) is 36.3. The number of para-hydroxylation sites is 2. The molecule has 434 valence electrons. The minimum absolute atomic E-state index is 0.270. The summed E-state index contributed by atoms with van der Waals surface area (Å²) in [6.07, 6.45) is 0. The molecule has 0 fully saturated rings. The van der Waals surface area contributed by atoms with Crippen molar-refractivity contribution in [2.45, 2.75) is 49.4 Å². The number of nitrogens with zero attached hydrogens (tertiary/aromatic N) is 1. The smallest absolute Gasteiger partial charge is 0.144 e. The summed E-state index contributed by atoms with van der Waals surface area (Å²) in [4.78, 5) is 2.56. The molecular formula is C90H57NO2. The summed E-state index contributed by atoms with van der Waals surface area (Å²) in [7, 11) is 0. The van der Waals surface area contributed by atoms with Crippen LogP contribution >= 0.6 is 0 Å². The van der Waals surface area contributed by atoms with Crippen LogP contribution in [0.5, 0.6) is 0 Å². The average Bonchev–Trinajstić information content (AvgIpc) is 1.50. The Kier molecular flexibility index (Phi) is 9.23. The van der Waals surface area contributed by atoms with Gasteiger partial charge in [0.2, 0.25) is 0 Å². The monoisotopic (exact) mass is 1180 g/mol. The highest BCUT2D eigenvalue weighted by Crippen LogP contribution is 2.70. The van der Waals surface area contributed by atoms with Crippen molar-refractivity contribution < 1.29 is 8.83 Å². The third-order valence-electron chi connectivity index (χ3n) is 23.2. The molecule has 6 aliphatic carbocycles. The van der Waals surface area contributed by atoms with E-state index < -0.39 is 16.2 Å². The Morgan fingerprint density at radius 2 is 0.699 bits per heavy atom. The highest BCUT2D eigenvalue weighted by molar-refractivity contribution is 6.21. The molecule has 22 rings (SSSR count). The van der Waals surface area contributed by atoms with Crippen molar-refractivity contribution in [3.63, 3.8) is 0 Å². The number of furan rings is 2. The van der Waals surface area contributed by atoms with E-state index in [9.17, 15) is 0 Å². The SMILES string of the molecule is CC1(C)c2ccccc2-c2c1c1c(c3c2oc2ccccc23)-c2ccc(N(c3ccc4c(c3)C3(c5ccccc5-c5ccccc53)c3cc5c(cc3-4)C3(c4ccccc4-c4ccccc43)c3ccc4oc6ccccc6c4c3-5)c3ccc4ccccc4c3)cc2C1(C)C. The Morgan fingerprint density at radius 3 is 1.37 bits per heavy atom. The quantitative estimate of drug-likeness (QED) is 0.177. The number of hydrogen-bond donors (Lipinski definition) is 0. The summed E-state index contributed by atoms with van der Waals surface area (Å²) >= 11 is 0. The molecule has 0 bridgehead atoms. The third kappa shape index (κ3) is 5.84. The molecule has 0 N–H and O–H groups in total.